The maximum atomic E-state index is 11.9. The van der Waals surface area contributed by atoms with Crippen LogP contribution < -0.4 is 5.32 Å². The number of nitrogens with zero attached hydrogens (tertiary/aromatic N) is 2. The number of hydrogen-bond donors (Lipinski definition) is 1. The van der Waals surface area contributed by atoms with Crippen LogP contribution in [0.5, 0.6) is 0 Å². The maximum Gasteiger partial charge on any atom is 0.317 e. The highest BCUT2D eigenvalue weighted by molar-refractivity contribution is 5.74. The Balaban J connectivity index is 1.72. The first-order chi connectivity index (χ1) is 8.20. The van der Waals surface area contributed by atoms with Gasteiger partial charge in [0.15, 0.2) is 0 Å². The fourth-order valence-electron chi connectivity index (χ4n) is 2.44. The number of urea groups is 1. The summed E-state index contributed by atoms with van der Waals surface area (Å²) in [5, 5.41) is 3.11. The summed E-state index contributed by atoms with van der Waals surface area (Å²) < 4.78 is 0. The van der Waals surface area contributed by atoms with E-state index in [-0.39, 0.29) is 6.03 Å². The molecule has 1 aliphatic heterocycles. The highest BCUT2D eigenvalue weighted by Crippen LogP contribution is 2.18. The number of carbonyl (C=O) groups excluding carboxylic acids is 1. The second kappa shape index (κ2) is 5.71. The zero-order valence-corrected chi connectivity index (χ0v) is 11.1. The Morgan fingerprint density at radius 1 is 1.29 bits per heavy atom. The Kier molecular flexibility index (Phi) is 4.26. The van der Waals surface area contributed by atoms with Gasteiger partial charge in [0, 0.05) is 38.3 Å². The van der Waals surface area contributed by atoms with Gasteiger partial charge in [-0.05, 0) is 32.6 Å². The minimum absolute atomic E-state index is 0.151. The summed E-state index contributed by atoms with van der Waals surface area (Å²) in [6.07, 6.45) is 4.79. The topological polar surface area (TPSA) is 35.6 Å². The lowest BCUT2D eigenvalue weighted by molar-refractivity contribution is 0.109. The number of amides is 2. The third-order valence-electron chi connectivity index (χ3n) is 4.25. The molecule has 0 aromatic carbocycles. The Morgan fingerprint density at radius 3 is 2.41 bits per heavy atom. The normalized spacial score (nSPS) is 24.2. The van der Waals surface area contributed by atoms with E-state index < -0.39 is 0 Å². The van der Waals surface area contributed by atoms with Crippen LogP contribution in [0, 0.1) is 0 Å². The van der Waals surface area contributed by atoms with Crippen molar-refractivity contribution in [2.24, 2.45) is 0 Å². The second-order valence-corrected chi connectivity index (χ2v) is 5.36. The summed E-state index contributed by atoms with van der Waals surface area (Å²) in [7, 11) is 0. The van der Waals surface area contributed by atoms with E-state index in [2.05, 4.69) is 24.1 Å². The summed E-state index contributed by atoms with van der Waals surface area (Å²) in [4.78, 5) is 16.4. The van der Waals surface area contributed by atoms with Crippen LogP contribution in [0.15, 0.2) is 0 Å². The summed E-state index contributed by atoms with van der Waals surface area (Å²) in [5.74, 6) is 0. The molecule has 2 amide bonds. The van der Waals surface area contributed by atoms with E-state index in [1.165, 1.54) is 25.7 Å². The molecule has 1 saturated carbocycles. The zero-order valence-electron chi connectivity index (χ0n) is 11.1. The first-order valence-electron chi connectivity index (χ1n) is 7.00. The molecule has 0 bridgehead atoms. The molecule has 1 aliphatic carbocycles. The average Bonchev–Trinajstić information content (AvgIpc) is 2.32. The molecule has 2 fully saturated rings. The van der Waals surface area contributed by atoms with E-state index >= 15 is 0 Å². The molecule has 0 aromatic rings. The fraction of sp³-hybridized carbons (Fsp3) is 0.923. The monoisotopic (exact) mass is 239 g/mol. The second-order valence-electron chi connectivity index (χ2n) is 5.36. The van der Waals surface area contributed by atoms with Crippen molar-refractivity contribution in [3.8, 4) is 0 Å². The highest BCUT2D eigenvalue weighted by atomic mass is 16.2. The van der Waals surface area contributed by atoms with Crippen molar-refractivity contribution in [3.63, 3.8) is 0 Å². The molecule has 4 nitrogen and oxygen atoms in total. The van der Waals surface area contributed by atoms with E-state index in [1.54, 1.807) is 0 Å². The van der Waals surface area contributed by atoms with Crippen LogP contribution in [-0.4, -0.2) is 54.1 Å². The minimum Gasteiger partial charge on any atom is -0.335 e. The van der Waals surface area contributed by atoms with E-state index in [0.29, 0.717) is 12.1 Å². The van der Waals surface area contributed by atoms with Gasteiger partial charge in [-0.1, -0.05) is 6.92 Å². The summed E-state index contributed by atoms with van der Waals surface area (Å²) in [6, 6.07) is 1.25. The predicted molar refractivity (Wildman–Crippen MR) is 69.1 cm³/mol. The quantitative estimate of drug-likeness (QED) is 0.813. The first kappa shape index (κ1) is 12.7. The molecule has 2 aliphatic rings. The molecule has 0 aromatic heterocycles. The van der Waals surface area contributed by atoms with E-state index in [1.807, 2.05) is 4.90 Å². The third-order valence-corrected chi connectivity index (χ3v) is 4.25. The number of nitrogens with one attached hydrogen (secondary N) is 1. The largest absolute Gasteiger partial charge is 0.335 e. The first-order valence-corrected chi connectivity index (χ1v) is 7.00. The third kappa shape index (κ3) is 3.12. The Bertz CT molecular complexity index is 257. The molecule has 1 heterocycles. The number of carbonyl (C=O) groups is 1. The summed E-state index contributed by atoms with van der Waals surface area (Å²) in [6.45, 7) is 8.29. The SMILES string of the molecule is CCC(C)N1CCN(C(=O)NC2CCC2)CC1. The number of rotatable bonds is 3. The van der Waals surface area contributed by atoms with Crippen molar-refractivity contribution in [1.82, 2.24) is 15.1 Å². The Labute approximate surface area is 104 Å². The van der Waals surface area contributed by atoms with Crippen molar-refractivity contribution in [3.05, 3.63) is 0 Å². The molecule has 1 unspecified atom stereocenters. The van der Waals surface area contributed by atoms with Crippen LogP contribution in [0.3, 0.4) is 0 Å². The van der Waals surface area contributed by atoms with Crippen molar-refractivity contribution >= 4 is 6.03 Å². The summed E-state index contributed by atoms with van der Waals surface area (Å²) in [5.41, 5.74) is 0. The van der Waals surface area contributed by atoms with Gasteiger partial charge in [0.05, 0.1) is 0 Å². The van der Waals surface area contributed by atoms with E-state index in [9.17, 15) is 4.79 Å². The molecule has 4 heteroatoms. The van der Waals surface area contributed by atoms with Crippen molar-refractivity contribution in [1.29, 1.82) is 0 Å². The van der Waals surface area contributed by atoms with Gasteiger partial charge in [-0.2, -0.15) is 0 Å². The van der Waals surface area contributed by atoms with Crippen molar-refractivity contribution < 1.29 is 4.79 Å². The molecular weight excluding hydrogens is 214 g/mol. The van der Waals surface area contributed by atoms with Crippen LogP contribution in [0.2, 0.25) is 0 Å². The van der Waals surface area contributed by atoms with Gasteiger partial charge in [0.2, 0.25) is 0 Å². The Hall–Kier alpha value is -0.770. The van der Waals surface area contributed by atoms with Gasteiger partial charge in [-0.15, -0.1) is 0 Å². The van der Waals surface area contributed by atoms with Gasteiger partial charge in [0.1, 0.15) is 0 Å². The van der Waals surface area contributed by atoms with Crippen molar-refractivity contribution in [2.75, 3.05) is 26.2 Å². The fourth-order valence-corrected chi connectivity index (χ4v) is 2.44. The molecule has 98 valence electrons. The van der Waals surface area contributed by atoms with Crippen LogP contribution in [0.1, 0.15) is 39.5 Å². The predicted octanol–water partition coefficient (Wildman–Crippen LogP) is 1.66. The van der Waals surface area contributed by atoms with Crippen LogP contribution >= 0.6 is 0 Å². The lowest BCUT2D eigenvalue weighted by Gasteiger charge is -2.39. The molecule has 1 N–H and O–H groups in total. The number of piperazine rings is 1. The van der Waals surface area contributed by atoms with Crippen LogP contribution in [-0.2, 0) is 0 Å². The molecule has 17 heavy (non-hydrogen) atoms. The van der Waals surface area contributed by atoms with Gasteiger partial charge in [0.25, 0.3) is 0 Å². The molecular formula is C13H25N3O. The number of hydrogen-bond acceptors (Lipinski definition) is 2. The molecule has 0 radical (unpaired) electrons. The lowest BCUT2D eigenvalue weighted by Crippen LogP contribution is -2.55. The van der Waals surface area contributed by atoms with E-state index in [4.69, 9.17) is 0 Å². The zero-order chi connectivity index (χ0) is 12.3. The van der Waals surface area contributed by atoms with Gasteiger partial charge < -0.3 is 10.2 Å². The van der Waals surface area contributed by atoms with E-state index in [0.717, 1.165) is 26.2 Å². The smallest absolute Gasteiger partial charge is 0.317 e. The molecule has 0 spiro atoms. The maximum absolute atomic E-state index is 11.9. The van der Waals surface area contributed by atoms with Gasteiger partial charge >= 0.3 is 6.03 Å². The van der Waals surface area contributed by atoms with Gasteiger partial charge in [-0.25, -0.2) is 4.79 Å². The van der Waals surface area contributed by atoms with Crippen molar-refractivity contribution in [2.45, 2.75) is 51.6 Å². The molecule has 1 atom stereocenters. The van der Waals surface area contributed by atoms with Crippen LogP contribution in [0.25, 0.3) is 0 Å². The van der Waals surface area contributed by atoms with Crippen LogP contribution in [0.4, 0.5) is 4.79 Å². The summed E-state index contributed by atoms with van der Waals surface area (Å²) >= 11 is 0. The molecule has 2 rings (SSSR count). The lowest BCUT2D eigenvalue weighted by atomic mass is 9.93. The average molecular weight is 239 g/mol. The van der Waals surface area contributed by atoms with Gasteiger partial charge in [-0.3, -0.25) is 4.90 Å². The Morgan fingerprint density at radius 2 is 1.94 bits per heavy atom. The standard InChI is InChI=1S/C13H25N3O/c1-3-11(2)15-7-9-16(10-8-15)13(17)14-12-5-4-6-12/h11-12H,3-10H2,1-2H3,(H,14,17). The molecule has 1 saturated heterocycles. The highest BCUT2D eigenvalue weighted by Gasteiger charge is 2.26. The minimum atomic E-state index is 0.151.